The van der Waals surface area contributed by atoms with Crippen LogP contribution >= 0.6 is 12.6 Å². The molecule has 0 spiro atoms. The number of hydrogen-bond acceptors (Lipinski definition) is 8. The van der Waals surface area contributed by atoms with Gasteiger partial charge in [-0.15, -0.1) is 0 Å². The highest BCUT2D eigenvalue weighted by Gasteiger charge is 2.28. The van der Waals surface area contributed by atoms with Crippen LogP contribution in [0.25, 0.3) is 0 Å². The van der Waals surface area contributed by atoms with E-state index in [1.807, 2.05) is 19.1 Å². The van der Waals surface area contributed by atoms with Crippen molar-refractivity contribution < 1.29 is 33.6 Å². The first kappa shape index (κ1) is 25.5. The molecule has 0 unspecified atom stereocenters. The topological polar surface area (TPSA) is 103 Å². The van der Waals surface area contributed by atoms with Crippen molar-refractivity contribution in [1.29, 1.82) is 0 Å². The molecule has 2 aromatic carbocycles. The maximum Gasteiger partial charge on any atom is 0.412 e. The Morgan fingerprint density at radius 2 is 1.75 bits per heavy atom. The van der Waals surface area contributed by atoms with Crippen LogP contribution in [-0.2, 0) is 19.0 Å². The monoisotopic (exact) mass is 463 g/mol. The molecule has 2 rings (SSSR count). The molecule has 9 heteroatoms. The van der Waals surface area contributed by atoms with Gasteiger partial charge in [0.05, 0.1) is 19.0 Å². The summed E-state index contributed by atoms with van der Waals surface area (Å²) in [7, 11) is 1.50. The van der Waals surface area contributed by atoms with Crippen LogP contribution in [0.1, 0.15) is 23.7 Å². The smallest absolute Gasteiger partial charge is 0.412 e. The zero-order chi connectivity index (χ0) is 23.3. The van der Waals surface area contributed by atoms with Crippen molar-refractivity contribution in [3.05, 3.63) is 59.7 Å². The number of nitrogens with one attached hydrogen (secondary N) is 1. The molecule has 0 aliphatic carbocycles. The van der Waals surface area contributed by atoms with Gasteiger partial charge in [0.25, 0.3) is 0 Å². The van der Waals surface area contributed by atoms with Crippen LogP contribution in [0, 0.1) is 6.92 Å². The summed E-state index contributed by atoms with van der Waals surface area (Å²) in [5.41, 5.74) is 2.34. The van der Waals surface area contributed by atoms with Crippen molar-refractivity contribution in [3.63, 3.8) is 0 Å². The first-order valence-electron chi connectivity index (χ1n) is 10.1. The van der Waals surface area contributed by atoms with Crippen LogP contribution in [0.15, 0.2) is 48.5 Å². The van der Waals surface area contributed by atoms with E-state index in [1.54, 1.807) is 36.4 Å². The zero-order valence-corrected chi connectivity index (χ0v) is 19.0. The van der Waals surface area contributed by atoms with Gasteiger partial charge < -0.3 is 24.1 Å². The van der Waals surface area contributed by atoms with Gasteiger partial charge in [-0.2, -0.15) is 12.6 Å². The number of methoxy groups -OCH3 is 1. The van der Waals surface area contributed by atoms with E-state index in [0.29, 0.717) is 23.4 Å². The molecule has 2 aromatic rings. The normalized spacial score (nSPS) is 12.5. The molecule has 0 aliphatic rings. The highest BCUT2D eigenvalue weighted by Crippen LogP contribution is 2.28. The minimum Gasteiger partial charge on any atom is -0.491 e. The number of carbonyl (C=O) groups is 2. The Kier molecular flexibility index (Phi) is 10.9. The maximum absolute atomic E-state index is 12.6. The van der Waals surface area contributed by atoms with Crippen molar-refractivity contribution in [1.82, 2.24) is 0 Å². The number of rotatable bonds is 12. The van der Waals surface area contributed by atoms with E-state index in [0.717, 1.165) is 5.56 Å². The predicted molar refractivity (Wildman–Crippen MR) is 123 cm³/mol. The summed E-state index contributed by atoms with van der Waals surface area (Å²) in [5.74, 6) is 0.108. The summed E-state index contributed by atoms with van der Waals surface area (Å²) in [6.07, 6.45) is -1.68. The minimum atomic E-state index is -0.771. The van der Waals surface area contributed by atoms with Crippen LogP contribution < -0.4 is 10.1 Å². The molecule has 0 aromatic heterocycles. The molecule has 32 heavy (non-hydrogen) atoms. The van der Waals surface area contributed by atoms with Crippen molar-refractivity contribution in [2.75, 3.05) is 38.0 Å². The molecule has 8 nitrogen and oxygen atoms in total. The van der Waals surface area contributed by atoms with Gasteiger partial charge in [-0.25, -0.2) is 4.79 Å². The number of thiol groups is 1. The third-order valence-electron chi connectivity index (χ3n) is 4.54. The lowest BCUT2D eigenvalue weighted by Gasteiger charge is -2.26. The van der Waals surface area contributed by atoms with Crippen LogP contribution in [-0.4, -0.2) is 56.0 Å². The van der Waals surface area contributed by atoms with Crippen LogP contribution in [0.4, 0.5) is 10.5 Å². The molecule has 0 bridgehead atoms. The van der Waals surface area contributed by atoms with E-state index < -0.39 is 24.3 Å². The largest absolute Gasteiger partial charge is 0.491 e. The highest BCUT2D eigenvalue weighted by molar-refractivity contribution is 7.81. The van der Waals surface area contributed by atoms with Gasteiger partial charge in [0.1, 0.15) is 18.5 Å². The second-order valence-corrected chi connectivity index (χ2v) is 7.22. The van der Waals surface area contributed by atoms with Gasteiger partial charge >= 0.3 is 12.1 Å². The van der Waals surface area contributed by atoms with Gasteiger partial charge in [-0.05, 0) is 36.8 Å². The van der Waals surface area contributed by atoms with E-state index in [2.05, 4.69) is 17.9 Å². The zero-order valence-electron chi connectivity index (χ0n) is 18.2. The molecule has 0 heterocycles. The van der Waals surface area contributed by atoms with Crippen LogP contribution in [0.5, 0.6) is 5.75 Å². The molecule has 0 radical (unpaired) electrons. The number of anilines is 1. The summed E-state index contributed by atoms with van der Waals surface area (Å²) >= 11 is 3.88. The lowest BCUT2D eigenvalue weighted by molar-refractivity contribution is -0.141. The number of benzene rings is 2. The van der Waals surface area contributed by atoms with E-state index in [4.69, 9.17) is 24.1 Å². The molecule has 0 saturated heterocycles. The molecule has 0 fully saturated rings. The molecule has 0 aliphatic heterocycles. The van der Waals surface area contributed by atoms with Crippen molar-refractivity contribution in [3.8, 4) is 5.75 Å². The van der Waals surface area contributed by atoms with Gasteiger partial charge in [0.15, 0.2) is 6.10 Å². The van der Waals surface area contributed by atoms with E-state index >= 15 is 0 Å². The third kappa shape index (κ3) is 8.41. The molecular weight excluding hydrogens is 434 g/mol. The molecule has 174 valence electrons. The maximum atomic E-state index is 12.6. The molecule has 0 saturated carbocycles. The quantitative estimate of drug-likeness (QED) is 0.327. The summed E-state index contributed by atoms with van der Waals surface area (Å²) in [6.45, 7) is 2.13. The Balaban J connectivity index is 2.15. The molecule has 1 amide bonds. The molecule has 2 atom stereocenters. The Bertz CT molecular complexity index is 842. The lowest BCUT2D eigenvalue weighted by Crippen LogP contribution is -2.29. The Hall–Kier alpha value is -2.75. The fraction of sp³-hybridized carbons (Fsp3) is 0.391. The Labute approximate surface area is 193 Å². The number of carbonyl (C=O) groups excluding carboxylic acids is 2. The number of aryl methyl sites for hydroxylation is 1. The molecular formula is C23H29NO7S. The lowest BCUT2D eigenvalue weighted by atomic mass is 10.0. The fourth-order valence-electron chi connectivity index (χ4n) is 2.90. The second kappa shape index (κ2) is 13.6. The summed E-state index contributed by atoms with van der Waals surface area (Å²) in [4.78, 5) is 24.0. The number of ether oxygens (including phenoxy) is 4. The number of amides is 1. The van der Waals surface area contributed by atoms with Gasteiger partial charge in [0, 0.05) is 19.2 Å². The second-order valence-electron chi connectivity index (χ2n) is 6.90. The fourth-order valence-corrected chi connectivity index (χ4v) is 2.99. The Morgan fingerprint density at radius 1 is 1.06 bits per heavy atom. The number of aliphatic hydroxyl groups is 1. The van der Waals surface area contributed by atoms with Crippen molar-refractivity contribution in [2.24, 2.45) is 0 Å². The highest BCUT2D eigenvalue weighted by atomic mass is 32.1. The number of esters is 1. The number of aliphatic hydroxyl groups excluding tert-OH is 1. The standard InChI is InChI=1S/C23H29NO7S/c1-16-3-7-18(8-4-16)24-23(27)31-22(20(28-2)11-13-30-21(26)15-32)17-5-9-19(10-6-17)29-14-12-25/h3-10,20,22,25,32H,11-15H2,1-2H3,(H,24,27)/t20-,22-/m1/s1. The average molecular weight is 464 g/mol. The number of hydrogen-bond donors (Lipinski definition) is 3. The minimum absolute atomic E-state index is 0.0220. The van der Waals surface area contributed by atoms with Crippen LogP contribution in [0.2, 0.25) is 0 Å². The van der Waals surface area contributed by atoms with Crippen molar-refractivity contribution in [2.45, 2.75) is 25.6 Å². The summed E-state index contributed by atoms with van der Waals surface area (Å²) < 4.78 is 21.8. The summed E-state index contributed by atoms with van der Waals surface area (Å²) in [5, 5.41) is 11.6. The van der Waals surface area contributed by atoms with Gasteiger partial charge in [0.2, 0.25) is 0 Å². The van der Waals surface area contributed by atoms with Crippen LogP contribution in [0.3, 0.4) is 0 Å². The van der Waals surface area contributed by atoms with Gasteiger partial charge in [-0.3, -0.25) is 10.1 Å². The first-order chi connectivity index (χ1) is 15.5. The van der Waals surface area contributed by atoms with E-state index in [9.17, 15) is 9.59 Å². The SMILES string of the molecule is CO[C@H](CCOC(=O)CS)[C@H](OC(=O)Nc1ccc(C)cc1)c1ccc(OCCO)cc1. The van der Waals surface area contributed by atoms with Crippen molar-refractivity contribution >= 4 is 30.4 Å². The van der Waals surface area contributed by atoms with Gasteiger partial charge in [-0.1, -0.05) is 29.8 Å². The Morgan fingerprint density at radius 3 is 2.34 bits per heavy atom. The summed E-state index contributed by atoms with van der Waals surface area (Å²) in [6, 6.07) is 14.3. The molecule has 2 N–H and O–H groups in total. The first-order valence-corrected chi connectivity index (χ1v) is 10.8. The average Bonchev–Trinajstić information content (AvgIpc) is 2.81. The third-order valence-corrected chi connectivity index (χ3v) is 4.79. The van der Waals surface area contributed by atoms with E-state index in [1.165, 1.54) is 7.11 Å². The van der Waals surface area contributed by atoms with E-state index in [-0.39, 0.29) is 25.6 Å². The predicted octanol–water partition coefficient (Wildman–Crippen LogP) is 3.53.